The predicted molar refractivity (Wildman–Crippen MR) is 155 cm³/mol. The van der Waals surface area contributed by atoms with Gasteiger partial charge in [0.2, 0.25) is 11.8 Å². The Morgan fingerprint density at radius 3 is 2.41 bits per heavy atom. The molecule has 3 fully saturated rings. The molecule has 1 N–H and O–H groups in total. The van der Waals surface area contributed by atoms with Gasteiger partial charge in [-0.2, -0.15) is 11.8 Å². The second-order valence-corrected chi connectivity index (χ2v) is 12.6. The van der Waals surface area contributed by atoms with Crippen LogP contribution in [0.15, 0.2) is 52.2 Å². The second-order valence-electron chi connectivity index (χ2n) is 11.4. The van der Waals surface area contributed by atoms with Crippen molar-refractivity contribution in [3.63, 3.8) is 0 Å². The highest BCUT2D eigenvalue weighted by molar-refractivity contribution is 7.99. The second kappa shape index (κ2) is 11.8. The first kappa shape index (κ1) is 27.7. The number of amides is 2. The topological polar surface area (TPSA) is 106 Å². The molecule has 41 heavy (non-hydrogen) atoms. The number of nitrogens with one attached hydrogen (secondary N) is 1. The molecule has 1 atom stereocenters. The number of carbonyl (C=O) groups is 2. The summed E-state index contributed by atoms with van der Waals surface area (Å²) in [5.41, 5.74) is 0.398. The van der Waals surface area contributed by atoms with E-state index in [1.54, 1.807) is 9.47 Å². The van der Waals surface area contributed by atoms with Crippen LogP contribution in [-0.2, 0) is 16.1 Å². The summed E-state index contributed by atoms with van der Waals surface area (Å²) < 4.78 is 17.1. The Bertz CT molecular complexity index is 1560. The molecule has 6 rings (SSSR count). The number of fused-ring (bicyclic) bond motifs is 1. The molecule has 1 aromatic carbocycles. The van der Waals surface area contributed by atoms with Crippen molar-refractivity contribution in [3.05, 3.63) is 74.8 Å². The fraction of sp³-hybridized carbons (Fsp3) is 0.500. The van der Waals surface area contributed by atoms with Crippen molar-refractivity contribution >= 4 is 34.6 Å². The largest absolute Gasteiger partial charge is 0.353 e. The van der Waals surface area contributed by atoms with Gasteiger partial charge < -0.3 is 10.2 Å². The first-order valence-electron chi connectivity index (χ1n) is 14.4. The highest BCUT2D eigenvalue weighted by Crippen LogP contribution is 2.30. The molecule has 4 heterocycles. The highest BCUT2D eigenvalue weighted by atomic mass is 32.2. The first-order chi connectivity index (χ1) is 19.9. The lowest BCUT2D eigenvalue weighted by Crippen LogP contribution is -2.47. The summed E-state index contributed by atoms with van der Waals surface area (Å²) in [5.74, 6) is 0.687. The minimum Gasteiger partial charge on any atom is -0.353 e. The number of likely N-dealkylation sites (tertiary alicyclic amines) is 1. The Kier molecular flexibility index (Phi) is 7.96. The molecule has 9 nitrogen and oxygen atoms in total. The monoisotopic (exact) mass is 579 g/mol. The lowest BCUT2D eigenvalue weighted by atomic mass is 9.90. The standard InChI is InChI=1S/C30H34FN5O4S/c31-21-15-25-27(32-16-21)35(24-10-12-41-13-11-24)30(40)36(29(25)39)23-8-6-22(7-9-23)33-28(38)20-14-26(37)34(18-20)17-19-4-2-1-3-5-19/h1-5,15-16,20,22-24H,6-14,17-18H2,(H,33,38). The molecular weight excluding hydrogens is 545 g/mol. The van der Waals surface area contributed by atoms with Crippen LogP contribution in [0.3, 0.4) is 0 Å². The van der Waals surface area contributed by atoms with Gasteiger partial charge in [0, 0.05) is 37.6 Å². The maximum absolute atomic E-state index is 14.2. The van der Waals surface area contributed by atoms with Crippen molar-refractivity contribution in [2.24, 2.45) is 5.92 Å². The smallest absolute Gasteiger partial charge is 0.333 e. The molecule has 3 aliphatic rings. The molecule has 1 saturated carbocycles. The zero-order valence-corrected chi connectivity index (χ0v) is 23.7. The average Bonchev–Trinajstić information content (AvgIpc) is 3.35. The van der Waals surface area contributed by atoms with Gasteiger partial charge in [-0.05, 0) is 61.7 Å². The van der Waals surface area contributed by atoms with Crippen LogP contribution in [0, 0.1) is 11.7 Å². The fourth-order valence-corrected chi connectivity index (χ4v) is 7.58. The van der Waals surface area contributed by atoms with Crippen molar-refractivity contribution in [1.29, 1.82) is 0 Å². The zero-order valence-electron chi connectivity index (χ0n) is 22.8. The van der Waals surface area contributed by atoms with E-state index in [2.05, 4.69) is 10.3 Å². The molecule has 2 amide bonds. The summed E-state index contributed by atoms with van der Waals surface area (Å²) in [5, 5.41) is 3.25. The molecule has 0 radical (unpaired) electrons. The quantitative estimate of drug-likeness (QED) is 0.480. The lowest BCUT2D eigenvalue weighted by Gasteiger charge is -2.32. The van der Waals surface area contributed by atoms with Gasteiger partial charge >= 0.3 is 5.69 Å². The number of nitrogens with zero attached hydrogens (tertiary/aromatic N) is 4. The van der Waals surface area contributed by atoms with Crippen molar-refractivity contribution < 1.29 is 14.0 Å². The zero-order chi connectivity index (χ0) is 28.5. The van der Waals surface area contributed by atoms with E-state index in [1.165, 1.54) is 10.6 Å². The Labute approximate surface area is 241 Å². The maximum atomic E-state index is 14.2. The van der Waals surface area contributed by atoms with Crippen molar-refractivity contribution in [3.8, 4) is 0 Å². The van der Waals surface area contributed by atoms with Crippen molar-refractivity contribution in [2.45, 2.75) is 69.6 Å². The molecule has 0 bridgehead atoms. The predicted octanol–water partition coefficient (Wildman–Crippen LogP) is 3.41. The minimum atomic E-state index is -0.607. The summed E-state index contributed by atoms with van der Waals surface area (Å²) in [4.78, 5) is 58.8. The van der Waals surface area contributed by atoms with E-state index in [0.717, 1.165) is 36.1 Å². The summed E-state index contributed by atoms with van der Waals surface area (Å²) in [6.07, 6.45) is 5.14. The van der Waals surface area contributed by atoms with Gasteiger partial charge in [-0.3, -0.25) is 23.5 Å². The number of benzene rings is 1. The number of hydrogen-bond donors (Lipinski definition) is 1. The van der Waals surface area contributed by atoms with E-state index in [4.69, 9.17) is 0 Å². The highest BCUT2D eigenvalue weighted by Gasteiger charge is 2.36. The normalized spacial score (nSPS) is 23.7. The van der Waals surface area contributed by atoms with E-state index in [1.807, 2.05) is 42.1 Å². The van der Waals surface area contributed by atoms with Gasteiger partial charge in [0.25, 0.3) is 5.56 Å². The number of hydrogen-bond acceptors (Lipinski definition) is 6. The lowest BCUT2D eigenvalue weighted by molar-refractivity contribution is -0.129. The fourth-order valence-electron chi connectivity index (χ4n) is 6.50. The van der Waals surface area contributed by atoms with E-state index in [9.17, 15) is 23.6 Å². The Balaban J connectivity index is 1.14. The van der Waals surface area contributed by atoms with Gasteiger partial charge in [-0.1, -0.05) is 30.3 Å². The molecule has 2 saturated heterocycles. The van der Waals surface area contributed by atoms with Crippen LogP contribution in [0.1, 0.15) is 62.6 Å². The van der Waals surface area contributed by atoms with E-state index < -0.39 is 17.3 Å². The van der Waals surface area contributed by atoms with E-state index >= 15 is 0 Å². The molecule has 2 aliphatic heterocycles. The van der Waals surface area contributed by atoms with Crippen LogP contribution >= 0.6 is 11.8 Å². The average molecular weight is 580 g/mol. The van der Waals surface area contributed by atoms with Gasteiger partial charge in [-0.25, -0.2) is 14.2 Å². The number of thioether (sulfide) groups is 1. The number of pyridine rings is 1. The molecule has 1 aliphatic carbocycles. The van der Waals surface area contributed by atoms with Crippen molar-refractivity contribution in [1.82, 2.24) is 24.3 Å². The maximum Gasteiger partial charge on any atom is 0.333 e. The molecule has 1 unspecified atom stereocenters. The Morgan fingerprint density at radius 2 is 1.68 bits per heavy atom. The Morgan fingerprint density at radius 1 is 0.976 bits per heavy atom. The summed E-state index contributed by atoms with van der Waals surface area (Å²) in [6.45, 7) is 0.886. The van der Waals surface area contributed by atoms with Crippen LogP contribution in [0.25, 0.3) is 11.0 Å². The van der Waals surface area contributed by atoms with Crippen LogP contribution in [-0.4, -0.2) is 54.9 Å². The van der Waals surface area contributed by atoms with Crippen LogP contribution in [0.4, 0.5) is 4.39 Å². The van der Waals surface area contributed by atoms with Crippen LogP contribution in [0.2, 0.25) is 0 Å². The molecule has 0 spiro atoms. The summed E-state index contributed by atoms with van der Waals surface area (Å²) in [7, 11) is 0. The third kappa shape index (κ3) is 5.68. The van der Waals surface area contributed by atoms with Crippen molar-refractivity contribution in [2.75, 3.05) is 18.1 Å². The van der Waals surface area contributed by atoms with E-state index in [-0.39, 0.29) is 53.1 Å². The summed E-state index contributed by atoms with van der Waals surface area (Å²) >= 11 is 1.84. The molecule has 3 aromatic rings. The first-order valence-corrected chi connectivity index (χ1v) is 15.6. The van der Waals surface area contributed by atoms with Gasteiger partial charge in [0.1, 0.15) is 11.5 Å². The summed E-state index contributed by atoms with van der Waals surface area (Å²) in [6, 6.07) is 10.4. The SMILES string of the molecule is O=C(NC1CCC(n2c(=O)c3cc(F)cnc3n(C3CCSCC3)c2=O)CC1)C1CC(=O)N(Cc2ccccc2)C1. The van der Waals surface area contributed by atoms with Crippen LogP contribution in [0.5, 0.6) is 0 Å². The molecule has 2 aromatic heterocycles. The van der Waals surface area contributed by atoms with Crippen LogP contribution < -0.4 is 16.6 Å². The number of aromatic nitrogens is 3. The van der Waals surface area contributed by atoms with Gasteiger partial charge in [-0.15, -0.1) is 0 Å². The minimum absolute atomic E-state index is 0.0212. The number of carbonyl (C=O) groups excluding carboxylic acids is 2. The molecule has 11 heteroatoms. The third-order valence-electron chi connectivity index (χ3n) is 8.69. The number of halogens is 1. The third-order valence-corrected chi connectivity index (χ3v) is 9.74. The number of rotatable bonds is 6. The van der Waals surface area contributed by atoms with E-state index in [0.29, 0.717) is 38.8 Å². The van der Waals surface area contributed by atoms with Gasteiger partial charge in [0.15, 0.2) is 0 Å². The molecular formula is C30H34FN5O4S. The molecule has 216 valence electrons. The Hall–Kier alpha value is -3.47. The van der Waals surface area contributed by atoms with Gasteiger partial charge in [0.05, 0.1) is 17.5 Å².